The van der Waals surface area contributed by atoms with Gasteiger partial charge in [-0.05, 0) is 49.9 Å². The topological polar surface area (TPSA) is 70.2 Å². The van der Waals surface area contributed by atoms with Crippen LogP contribution in [0.25, 0.3) is 17.2 Å². The number of carbonyl (C=O) groups is 2. The zero-order valence-corrected chi connectivity index (χ0v) is 21.9. The quantitative estimate of drug-likeness (QED) is 0.220. The van der Waals surface area contributed by atoms with Crippen molar-refractivity contribution >= 4 is 34.8 Å². The molecule has 184 valence electrons. The van der Waals surface area contributed by atoms with E-state index in [1.165, 1.54) is 16.9 Å². The van der Waals surface area contributed by atoms with Crippen molar-refractivity contribution in [2.45, 2.75) is 34.1 Å². The second-order valence-corrected chi connectivity index (χ2v) is 9.75. The van der Waals surface area contributed by atoms with Crippen molar-refractivity contribution in [2.75, 3.05) is 31.5 Å². The van der Waals surface area contributed by atoms with Crippen molar-refractivity contribution in [3.05, 3.63) is 81.1 Å². The molecule has 0 spiro atoms. The summed E-state index contributed by atoms with van der Waals surface area (Å²) in [5, 5.41) is 9.83. The molecule has 0 unspecified atom stereocenters. The Hall–Kier alpha value is -3.22. The molecule has 2 aromatic carbocycles. The summed E-state index contributed by atoms with van der Waals surface area (Å²) in [6, 6.07) is 14.1. The second-order valence-electron chi connectivity index (χ2n) is 8.52. The van der Waals surface area contributed by atoms with Gasteiger partial charge in [0, 0.05) is 47.9 Å². The van der Waals surface area contributed by atoms with Gasteiger partial charge in [-0.3, -0.25) is 9.59 Å². The van der Waals surface area contributed by atoms with Gasteiger partial charge in [-0.15, -0.1) is 11.3 Å². The number of aryl methyl sites for hydroxylation is 2. The first-order valence-electron chi connectivity index (χ1n) is 12.1. The Morgan fingerprint density at radius 2 is 1.71 bits per heavy atom. The molecule has 3 N–H and O–H groups in total. The van der Waals surface area contributed by atoms with E-state index in [1.807, 2.05) is 31.2 Å². The number of ketones is 1. The van der Waals surface area contributed by atoms with Gasteiger partial charge in [0.15, 0.2) is 5.78 Å². The summed E-state index contributed by atoms with van der Waals surface area (Å²) >= 11 is 1.51. The fraction of sp³-hybridized carbons (Fsp3) is 0.310. The fourth-order valence-corrected chi connectivity index (χ4v) is 5.28. The normalized spacial score (nSPS) is 10.7. The highest BCUT2D eigenvalue weighted by Gasteiger charge is 2.20. The van der Waals surface area contributed by atoms with E-state index in [0.717, 1.165) is 62.8 Å². The fourth-order valence-electron chi connectivity index (χ4n) is 4.19. The van der Waals surface area contributed by atoms with E-state index in [1.54, 1.807) is 6.92 Å². The number of amides is 1. The smallest absolute Gasteiger partial charge is 0.262 e. The van der Waals surface area contributed by atoms with Crippen LogP contribution in [0.15, 0.2) is 49.0 Å². The van der Waals surface area contributed by atoms with Gasteiger partial charge in [-0.2, -0.15) is 0 Å². The first-order valence-corrected chi connectivity index (χ1v) is 12.9. The molecule has 35 heavy (non-hydrogen) atoms. The van der Waals surface area contributed by atoms with E-state index < -0.39 is 0 Å². The van der Waals surface area contributed by atoms with Crippen molar-refractivity contribution in [1.82, 2.24) is 10.6 Å². The molecular formula is C29H35N3O2S. The third-order valence-corrected chi connectivity index (χ3v) is 7.11. The van der Waals surface area contributed by atoms with Crippen LogP contribution in [0.4, 0.5) is 5.69 Å². The molecule has 0 bridgehead atoms. The molecule has 1 amide bonds. The number of thiophene rings is 1. The van der Waals surface area contributed by atoms with Crippen LogP contribution in [0.1, 0.15) is 55.4 Å². The largest absolute Gasteiger partial charge is 0.384 e. The predicted octanol–water partition coefficient (Wildman–Crippen LogP) is 5.87. The van der Waals surface area contributed by atoms with E-state index in [-0.39, 0.29) is 11.7 Å². The summed E-state index contributed by atoms with van der Waals surface area (Å²) in [4.78, 5) is 26.7. The van der Waals surface area contributed by atoms with Crippen molar-refractivity contribution in [1.29, 1.82) is 0 Å². The van der Waals surface area contributed by atoms with Crippen LogP contribution in [0.2, 0.25) is 0 Å². The molecule has 6 heteroatoms. The molecule has 5 nitrogen and oxygen atoms in total. The van der Waals surface area contributed by atoms with Gasteiger partial charge < -0.3 is 16.0 Å². The lowest BCUT2D eigenvalue weighted by Gasteiger charge is -2.14. The van der Waals surface area contributed by atoms with Crippen LogP contribution in [0.5, 0.6) is 0 Å². The summed E-state index contributed by atoms with van der Waals surface area (Å²) in [6.07, 6.45) is 2.64. The van der Waals surface area contributed by atoms with Crippen molar-refractivity contribution in [3.63, 3.8) is 0 Å². The zero-order chi connectivity index (χ0) is 25.4. The summed E-state index contributed by atoms with van der Waals surface area (Å²) < 4.78 is 0. The van der Waals surface area contributed by atoms with Gasteiger partial charge in [0.2, 0.25) is 0 Å². The first-order chi connectivity index (χ1) is 16.9. The van der Waals surface area contributed by atoms with Gasteiger partial charge in [0.1, 0.15) is 4.88 Å². The molecule has 0 radical (unpaired) electrons. The minimum Gasteiger partial charge on any atom is -0.384 e. The Morgan fingerprint density at radius 1 is 1.00 bits per heavy atom. The number of rotatable bonds is 12. The van der Waals surface area contributed by atoms with Crippen LogP contribution in [-0.4, -0.2) is 37.9 Å². The SMILES string of the molecule is C=Cc1c(C)sc(C(=O)NCCNCCNc2cccc(C(C)=O)c2CC)c1-c1ccc(C)cc1. The lowest BCUT2D eigenvalue weighted by molar-refractivity contribution is 0.0957. The maximum absolute atomic E-state index is 13.0. The number of hydrogen-bond acceptors (Lipinski definition) is 5. The van der Waals surface area contributed by atoms with E-state index in [9.17, 15) is 9.59 Å². The van der Waals surface area contributed by atoms with Gasteiger partial charge >= 0.3 is 0 Å². The van der Waals surface area contributed by atoms with Crippen LogP contribution >= 0.6 is 11.3 Å². The highest BCUT2D eigenvalue weighted by Crippen LogP contribution is 2.37. The number of Topliss-reactive ketones (excluding diaryl/α,β-unsaturated/α-hetero) is 1. The third-order valence-electron chi connectivity index (χ3n) is 5.99. The Morgan fingerprint density at radius 3 is 2.37 bits per heavy atom. The average Bonchev–Trinajstić information content (AvgIpc) is 3.19. The van der Waals surface area contributed by atoms with Crippen molar-refractivity contribution in [2.24, 2.45) is 0 Å². The van der Waals surface area contributed by atoms with Crippen molar-refractivity contribution < 1.29 is 9.59 Å². The summed E-state index contributed by atoms with van der Waals surface area (Å²) in [6.45, 7) is 14.4. The van der Waals surface area contributed by atoms with Gasteiger partial charge in [0.05, 0.1) is 0 Å². The van der Waals surface area contributed by atoms with E-state index >= 15 is 0 Å². The Bertz CT molecular complexity index is 1200. The Balaban J connectivity index is 1.51. The maximum atomic E-state index is 13.0. The van der Waals surface area contributed by atoms with Gasteiger partial charge in [-0.25, -0.2) is 0 Å². The van der Waals surface area contributed by atoms with Crippen LogP contribution in [0, 0.1) is 13.8 Å². The zero-order valence-electron chi connectivity index (χ0n) is 21.1. The maximum Gasteiger partial charge on any atom is 0.262 e. The van der Waals surface area contributed by atoms with Crippen LogP contribution < -0.4 is 16.0 Å². The van der Waals surface area contributed by atoms with Crippen LogP contribution in [-0.2, 0) is 6.42 Å². The minimum atomic E-state index is -0.0599. The lowest BCUT2D eigenvalue weighted by atomic mass is 9.99. The van der Waals surface area contributed by atoms with Crippen molar-refractivity contribution in [3.8, 4) is 11.1 Å². The molecule has 0 aliphatic heterocycles. The molecule has 0 aliphatic carbocycles. The molecular weight excluding hydrogens is 454 g/mol. The molecule has 0 fully saturated rings. The average molecular weight is 490 g/mol. The van der Waals surface area contributed by atoms with Gasteiger partial charge in [0.25, 0.3) is 5.91 Å². The number of carbonyl (C=O) groups excluding carboxylic acids is 2. The second kappa shape index (κ2) is 12.5. The highest BCUT2D eigenvalue weighted by molar-refractivity contribution is 7.14. The highest BCUT2D eigenvalue weighted by atomic mass is 32.1. The molecule has 0 aliphatic rings. The summed E-state index contributed by atoms with van der Waals surface area (Å²) in [5.41, 5.74) is 7.04. The molecule has 3 aromatic rings. The Kier molecular flexibility index (Phi) is 9.40. The van der Waals surface area contributed by atoms with Gasteiger partial charge in [-0.1, -0.05) is 61.5 Å². The molecule has 1 heterocycles. The third kappa shape index (κ3) is 6.47. The first kappa shape index (κ1) is 26.4. The minimum absolute atomic E-state index is 0.0599. The lowest BCUT2D eigenvalue weighted by Crippen LogP contribution is -2.33. The molecule has 0 saturated carbocycles. The molecule has 0 saturated heterocycles. The summed E-state index contributed by atoms with van der Waals surface area (Å²) in [5.74, 6) is 0.0291. The monoisotopic (exact) mass is 489 g/mol. The summed E-state index contributed by atoms with van der Waals surface area (Å²) in [7, 11) is 0. The number of benzene rings is 2. The number of hydrogen-bond donors (Lipinski definition) is 3. The Labute approximate surface area is 212 Å². The molecule has 0 atom stereocenters. The van der Waals surface area contributed by atoms with E-state index in [2.05, 4.69) is 60.6 Å². The van der Waals surface area contributed by atoms with E-state index in [4.69, 9.17) is 0 Å². The predicted molar refractivity (Wildman–Crippen MR) is 149 cm³/mol. The number of nitrogens with one attached hydrogen (secondary N) is 3. The molecule has 1 aromatic heterocycles. The number of anilines is 1. The standard InChI is InChI=1S/C29H35N3O2S/c1-6-23-21(5)35-28(27(23)22-13-11-19(3)12-14-22)29(34)32-18-16-30-15-17-31-26-10-8-9-25(20(4)33)24(26)7-2/h6,8-14,30-31H,1,7,15-18H2,2-5H3,(H,32,34). The van der Waals surface area contributed by atoms with E-state index in [0.29, 0.717) is 13.1 Å². The molecule has 3 rings (SSSR count). The van der Waals surface area contributed by atoms with Crippen LogP contribution in [0.3, 0.4) is 0 Å².